The van der Waals surface area contributed by atoms with Gasteiger partial charge in [0.1, 0.15) is 18.1 Å². The van der Waals surface area contributed by atoms with E-state index in [2.05, 4.69) is 19.9 Å². The fraction of sp³-hybridized carbons (Fsp3) is 0.0667. The van der Waals surface area contributed by atoms with Crippen LogP contribution in [0.1, 0.15) is 5.56 Å². The lowest BCUT2D eigenvalue weighted by molar-refractivity contribution is 0.588. The van der Waals surface area contributed by atoms with Crippen LogP contribution in [0.2, 0.25) is 0 Å². The van der Waals surface area contributed by atoms with Gasteiger partial charge in [-0.25, -0.2) is 14.4 Å². The molecule has 21 heavy (non-hydrogen) atoms. The van der Waals surface area contributed by atoms with Crippen molar-refractivity contribution in [3.05, 3.63) is 71.6 Å². The van der Waals surface area contributed by atoms with Crippen LogP contribution >= 0.6 is 0 Å². The largest absolute Gasteiger partial charge is 0.362 e. The summed E-state index contributed by atoms with van der Waals surface area (Å²) in [5.41, 5.74) is 0.976. The third-order valence-electron chi connectivity index (χ3n) is 2.95. The molecule has 2 heterocycles. The van der Waals surface area contributed by atoms with E-state index in [1.807, 2.05) is 0 Å². The normalized spacial score (nSPS) is 10.3. The van der Waals surface area contributed by atoms with Gasteiger partial charge in [0, 0.05) is 18.0 Å². The minimum absolute atomic E-state index is 0.192. The molecule has 1 aromatic carbocycles. The summed E-state index contributed by atoms with van der Waals surface area (Å²) in [6.07, 6.45) is 3.21. The number of rotatable bonds is 3. The van der Waals surface area contributed by atoms with Crippen molar-refractivity contribution in [3.8, 4) is 11.5 Å². The van der Waals surface area contributed by atoms with Gasteiger partial charge in [0.15, 0.2) is 5.82 Å². The molecule has 102 valence electrons. The van der Waals surface area contributed by atoms with E-state index in [9.17, 15) is 4.39 Å². The zero-order valence-electron chi connectivity index (χ0n) is 10.9. The number of benzene rings is 1. The Morgan fingerprint density at radius 2 is 1.90 bits per heavy atom. The Morgan fingerprint density at radius 1 is 1.14 bits per heavy atom. The molecule has 3 aromatic rings. The van der Waals surface area contributed by atoms with E-state index in [0.29, 0.717) is 22.9 Å². The number of aromatic nitrogens is 4. The van der Waals surface area contributed by atoms with Gasteiger partial charge in [-0.05, 0) is 18.2 Å². The highest BCUT2D eigenvalue weighted by molar-refractivity contribution is 5.56. The van der Waals surface area contributed by atoms with Gasteiger partial charge in [0.25, 0.3) is 5.82 Å². The fourth-order valence-corrected chi connectivity index (χ4v) is 1.94. The van der Waals surface area contributed by atoms with Gasteiger partial charge < -0.3 is 4.85 Å². The van der Waals surface area contributed by atoms with Gasteiger partial charge >= 0.3 is 0 Å². The smallest absolute Gasteiger partial charge is 0.253 e. The molecule has 0 aliphatic carbocycles. The number of hydrogen-bond donors (Lipinski definition) is 0. The number of hydrogen-bond acceptors (Lipinski definition) is 3. The zero-order chi connectivity index (χ0) is 14.7. The first-order chi connectivity index (χ1) is 10.3. The molecule has 0 fully saturated rings. The lowest BCUT2D eigenvalue weighted by Crippen LogP contribution is -2.03. The molecular formula is C15H10FN5. The molecule has 0 N–H and O–H groups in total. The Kier molecular flexibility index (Phi) is 3.39. The average Bonchev–Trinajstić information content (AvgIpc) is 2.93. The first-order valence-electron chi connectivity index (χ1n) is 6.24. The summed E-state index contributed by atoms with van der Waals surface area (Å²) in [4.78, 5) is 11.6. The minimum atomic E-state index is -0.318. The summed E-state index contributed by atoms with van der Waals surface area (Å²) in [6.45, 7) is 7.40. The maximum Gasteiger partial charge on any atom is 0.253 e. The predicted octanol–water partition coefficient (Wildman–Crippen LogP) is 3.08. The summed E-state index contributed by atoms with van der Waals surface area (Å²) in [7, 11) is 0. The molecule has 2 aromatic heterocycles. The second-order valence-corrected chi connectivity index (χ2v) is 4.32. The molecule has 0 aliphatic rings. The van der Waals surface area contributed by atoms with Crippen LogP contribution in [0, 0.1) is 12.4 Å². The van der Waals surface area contributed by atoms with Crippen molar-refractivity contribution in [1.82, 2.24) is 19.7 Å². The van der Waals surface area contributed by atoms with Gasteiger partial charge in [-0.15, -0.1) is 0 Å². The number of nitrogens with zero attached hydrogens (tertiary/aromatic N) is 5. The van der Waals surface area contributed by atoms with Crippen molar-refractivity contribution in [3.63, 3.8) is 0 Å². The Balaban J connectivity index is 1.98. The van der Waals surface area contributed by atoms with Crippen molar-refractivity contribution >= 4 is 5.82 Å². The highest BCUT2D eigenvalue weighted by atomic mass is 19.1. The Morgan fingerprint density at radius 3 is 2.62 bits per heavy atom. The van der Waals surface area contributed by atoms with Crippen molar-refractivity contribution in [1.29, 1.82) is 0 Å². The van der Waals surface area contributed by atoms with E-state index in [1.165, 1.54) is 10.7 Å². The van der Waals surface area contributed by atoms with Crippen molar-refractivity contribution in [2.24, 2.45) is 0 Å². The van der Waals surface area contributed by atoms with Gasteiger partial charge in [0.05, 0.1) is 0 Å². The van der Waals surface area contributed by atoms with Crippen LogP contribution < -0.4 is 0 Å². The zero-order valence-corrected chi connectivity index (χ0v) is 10.9. The van der Waals surface area contributed by atoms with Gasteiger partial charge in [-0.2, -0.15) is 4.68 Å². The summed E-state index contributed by atoms with van der Waals surface area (Å²) in [6, 6.07) is 9.74. The van der Waals surface area contributed by atoms with Gasteiger partial charge in [-0.1, -0.05) is 29.9 Å². The van der Waals surface area contributed by atoms with Crippen LogP contribution in [0.15, 0.2) is 48.8 Å². The average molecular weight is 279 g/mol. The van der Waals surface area contributed by atoms with Gasteiger partial charge in [0.2, 0.25) is 0 Å². The Bertz CT molecular complexity index is 804. The molecule has 5 nitrogen and oxygen atoms in total. The van der Waals surface area contributed by atoms with E-state index >= 15 is 0 Å². The van der Waals surface area contributed by atoms with Crippen LogP contribution in [-0.4, -0.2) is 19.7 Å². The molecule has 6 heteroatoms. The Labute approximate surface area is 120 Å². The summed E-state index contributed by atoms with van der Waals surface area (Å²) in [5, 5.41) is 4.30. The van der Waals surface area contributed by atoms with Crippen molar-refractivity contribution in [2.45, 2.75) is 6.54 Å². The molecule has 0 amide bonds. The van der Waals surface area contributed by atoms with E-state index in [1.54, 1.807) is 42.7 Å². The molecule has 0 bridgehead atoms. The molecule has 0 spiro atoms. The van der Waals surface area contributed by atoms with E-state index in [0.717, 1.165) is 0 Å². The van der Waals surface area contributed by atoms with Crippen LogP contribution in [0.3, 0.4) is 0 Å². The van der Waals surface area contributed by atoms with Crippen LogP contribution in [0.4, 0.5) is 10.2 Å². The monoisotopic (exact) mass is 279 g/mol. The molecule has 0 radical (unpaired) electrons. The lowest BCUT2D eigenvalue weighted by Gasteiger charge is -2.01. The highest BCUT2D eigenvalue weighted by Crippen LogP contribution is 2.22. The quantitative estimate of drug-likeness (QED) is 0.692. The summed E-state index contributed by atoms with van der Waals surface area (Å²) >= 11 is 0. The molecule has 0 saturated heterocycles. The first-order valence-corrected chi connectivity index (χ1v) is 6.24. The first kappa shape index (κ1) is 12.9. The molecule has 0 saturated carbocycles. The third-order valence-corrected chi connectivity index (χ3v) is 2.95. The van der Waals surface area contributed by atoms with Crippen LogP contribution in [0.5, 0.6) is 0 Å². The maximum atomic E-state index is 13.7. The second-order valence-electron chi connectivity index (χ2n) is 4.32. The van der Waals surface area contributed by atoms with Crippen LogP contribution in [0.25, 0.3) is 16.4 Å². The maximum absolute atomic E-state index is 13.7. The highest BCUT2D eigenvalue weighted by Gasteiger charge is 2.14. The standard InChI is InChI=1S/C15H10FN5/c1-17-14-9-13(15-18-7-4-8-19-15)20-21(14)10-11-5-2-3-6-12(11)16/h2-9H,10H2. The van der Waals surface area contributed by atoms with Crippen molar-refractivity contribution < 1.29 is 4.39 Å². The predicted molar refractivity (Wildman–Crippen MR) is 75.0 cm³/mol. The summed E-state index contributed by atoms with van der Waals surface area (Å²) in [5.74, 6) is 0.442. The fourth-order valence-electron chi connectivity index (χ4n) is 1.94. The van der Waals surface area contributed by atoms with Crippen LogP contribution in [-0.2, 0) is 6.54 Å². The van der Waals surface area contributed by atoms with E-state index in [4.69, 9.17) is 6.57 Å². The second kappa shape index (κ2) is 5.51. The molecule has 0 unspecified atom stereocenters. The van der Waals surface area contributed by atoms with Gasteiger partial charge in [-0.3, -0.25) is 0 Å². The number of halogens is 1. The van der Waals surface area contributed by atoms with Crippen molar-refractivity contribution in [2.75, 3.05) is 0 Å². The Hall–Kier alpha value is -3.07. The molecule has 0 aliphatic heterocycles. The molecular weight excluding hydrogens is 269 g/mol. The van der Waals surface area contributed by atoms with E-state index < -0.39 is 0 Å². The molecule has 0 atom stereocenters. The third kappa shape index (κ3) is 2.62. The summed E-state index contributed by atoms with van der Waals surface area (Å²) < 4.78 is 15.2. The lowest BCUT2D eigenvalue weighted by atomic mass is 10.2. The van der Waals surface area contributed by atoms with E-state index in [-0.39, 0.29) is 12.4 Å². The SMILES string of the molecule is [C-]#[N+]c1cc(-c2ncccn2)nn1Cc1ccccc1F. The topological polar surface area (TPSA) is 48.0 Å². The molecule has 3 rings (SSSR count). The minimum Gasteiger partial charge on any atom is -0.362 e.